The quantitative estimate of drug-likeness (QED) is 0.466. The van der Waals surface area contributed by atoms with Gasteiger partial charge in [0.1, 0.15) is 5.75 Å². The normalized spacial score (nSPS) is 21.6. The van der Waals surface area contributed by atoms with Crippen LogP contribution in [-0.4, -0.2) is 29.8 Å². The highest BCUT2D eigenvalue weighted by molar-refractivity contribution is 8.18. The van der Waals surface area contributed by atoms with Crippen molar-refractivity contribution >= 4 is 40.3 Å². The van der Waals surface area contributed by atoms with E-state index in [9.17, 15) is 4.79 Å². The van der Waals surface area contributed by atoms with Crippen molar-refractivity contribution in [1.82, 2.24) is 5.32 Å². The van der Waals surface area contributed by atoms with Crippen molar-refractivity contribution in [3.05, 3.63) is 58.0 Å². The molecule has 0 saturated carbocycles. The first kappa shape index (κ1) is 24.4. The molecule has 0 radical (unpaired) electrons. The number of carbonyl (C=O) groups excluding carboxylic acids is 1. The fourth-order valence-electron chi connectivity index (χ4n) is 4.98. The lowest BCUT2D eigenvalue weighted by Gasteiger charge is -2.48. The Kier molecular flexibility index (Phi) is 7.08. The molecule has 34 heavy (non-hydrogen) atoms. The second-order valence-corrected chi connectivity index (χ2v) is 10.8. The van der Waals surface area contributed by atoms with E-state index in [1.54, 1.807) is 0 Å². The number of hydrogen-bond donors (Lipinski definition) is 1. The summed E-state index contributed by atoms with van der Waals surface area (Å²) in [6.07, 6.45) is 4.25. The molecule has 1 saturated heterocycles. The van der Waals surface area contributed by atoms with Gasteiger partial charge in [0, 0.05) is 17.8 Å². The topological polar surface area (TPSA) is 53.9 Å². The number of carbonyl (C=O) groups is 1. The van der Waals surface area contributed by atoms with E-state index < -0.39 is 0 Å². The highest BCUT2D eigenvalue weighted by Crippen LogP contribution is 2.45. The third kappa shape index (κ3) is 5.02. The van der Waals surface area contributed by atoms with Crippen LogP contribution < -0.4 is 15.0 Å². The number of aliphatic imine (C=N–C) groups is 1. The summed E-state index contributed by atoms with van der Waals surface area (Å²) >= 11 is 1.39. The Bertz CT molecular complexity index is 1140. The predicted octanol–water partition coefficient (Wildman–Crippen LogP) is 6.79. The van der Waals surface area contributed by atoms with E-state index in [2.05, 4.69) is 62.0 Å². The minimum absolute atomic E-state index is 0.103. The van der Waals surface area contributed by atoms with Crippen LogP contribution in [0.1, 0.15) is 70.1 Å². The number of hydrogen-bond acceptors (Lipinski definition) is 5. The highest BCUT2D eigenvalue weighted by Gasteiger charge is 2.36. The molecule has 2 aliphatic rings. The van der Waals surface area contributed by atoms with Crippen molar-refractivity contribution in [3.8, 4) is 5.75 Å². The van der Waals surface area contributed by atoms with Gasteiger partial charge in [-0.05, 0) is 117 Å². The number of nitrogens with one attached hydrogen (secondary N) is 1. The van der Waals surface area contributed by atoms with Crippen molar-refractivity contribution < 1.29 is 9.53 Å². The summed E-state index contributed by atoms with van der Waals surface area (Å²) in [5.41, 5.74) is 5.92. The third-order valence-corrected chi connectivity index (χ3v) is 7.45. The molecule has 1 N–H and O–H groups in total. The largest absolute Gasteiger partial charge is 0.494 e. The average molecular weight is 478 g/mol. The number of amidine groups is 1. The molecule has 5 nitrogen and oxygen atoms in total. The summed E-state index contributed by atoms with van der Waals surface area (Å²) in [5.74, 6) is 1.18. The maximum atomic E-state index is 12.7. The zero-order chi connectivity index (χ0) is 24.5. The number of nitrogens with zero attached hydrogens (tertiary/aromatic N) is 2. The summed E-state index contributed by atoms with van der Waals surface area (Å²) in [6.45, 7) is 15.0. The van der Waals surface area contributed by atoms with Crippen LogP contribution in [0.4, 0.5) is 11.4 Å². The predicted molar refractivity (Wildman–Crippen MR) is 144 cm³/mol. The molecule has 2 aromatic carbocycles. The first-order valence-electron chi connectivity index (χ1n) is 12.2. The lowest BCUT2D eigenvalue weighted by atomic mass is 9.79. The van der Waals surface area contributed by atoms with E-state index in [-0.39, 0.29) is 11.4 Å². The lowest BCUT2D eigenvalue weighted by molar-refractivity contribution is -0.115. The lowest BCUT2D eigenvalue weighted by Crippen LogP contribution is -2.48. The van der Waals surface area contributed by atoms with Crippen molar-refractivity contribution in [1.29, 1.82) is 0 Å². The van der Waals surface area contributed by atoms with Crippen LogP contribution in [0.2, 0.25) is 0 Å². The Morgan fingerprint density at radius 1 is 1.24 bits per heavy atom. The smallest absolute Gasteiger partial charge is 0.264 e. The van der Waals surface area contributed by atoms with Gasteiger partial charge in [0.2, 0.25) is 0 Å². The molecule has 6 heteroatoms. The number of benzene rings is 2. The van der Waals surface area contributed by atoms with Gasteiger partial charge in [0.15, 0.2) is 5.17 Å². The van der Waals surface area contributed by atoms with Crippen LogP contribution in [0, 0.1) is 6.92 Å². The van der Waals surface area contributed by atoms with Crippen LogP contribution in [0.5, 0.6) is 5.75 Å². The minimum atomic E-state index is -0.103. The van der Waals surface area contributed by atoms with Crippen LogP contribution in [-0.2, 0) is 4.79 Å². The molecule has 1 atom stereocenters. The molecule has 0 bridgehead atoms. The molecule has 1 unspecified atom stereocenters. The van der Waals surface area contributed by atoms with Crippen LogP contribution in [0.3, 0.4) is 0 Å². The first-order valence-corrected chi connectivity index (χ1v) is 13.0. The van der Waals surface area contributed by atoms with E-state index in [4.69, 9.17) is 4.74 Å². The zero-order valence-corrected chi connectivity index (χ0v) is 21.9. The second kappa shape index (κ2) is 9.87. The number of rotatable bonds is 6. The number of aryl methyl sites for hydroxylation is 1. The first-order chi connectivity index (χ1) is 16.2. The molecular formula is C28H35N3O2S. The average Bonchev–Trinajstić information content (AvgIpc) is 3.12. The molecule has 4 rings (SSSR count). The van der Waals surface area contributed by atoms with Crippen molar-refractivity contribution in [3.63, 3.8) is 0 Å². The van der Waals surface area contributed by atoms with Gasteiger partial charge in [-0.25, -0.2) is 4.99 Å². The summed E-state index contributed by atoms with van der Waals surface area (Å²) < 4.78 is 5.49. The van der Waals surface area contributed by atoms with Crippen LogP contribution in [0.25, 0.3) is 6.08 Å². The Morgan fingerprint density at radius 2 is 1.97 bits per heavy atom. The van der Waals surface area contributed by atoms with Crippen LogP contribution in [0.15, 0.2) is 46.3 Å². The summed E-state index contributed by atoms with van der Waals surface area (Å²) in [6, 6.07) is 12.2. The van der Waals surface area contributed by atoms with E-state index in [0.29, 0.717) is 22.6 Å². The van der Waals surface area contributed by atoms with Gasteiger partial charge in [0.05, 0.1) is 17.2 Å². The molecule has 2 heterocycles. The number of thioether (sulfide) groups is 1. The highest BCUT2D eigenvalue weighted by atomic mass is 32.2. The van der Waals surface area contributed by atoms with Crippen molar-refractivity contribution in [2.45, 2.75) is 65.8 Å². The van der Waals surface area contributed by atoms with Gasteiger partial charge in [-0.1, -0.05) is 13.8 Å². The monoisotopic (exact) mass is 477 g/mol. The third-order valence-electron chi connectivity index (χ3n) is 6.54. The Hall–Kier alpha value is -2.73. The Balaban J connectivity index is 1.61. The van der Waals surface area contributed by atoms with Gasteiger partial charge >= 0.3 is 0 Å². The maximum Gasteiger partial charge on any atom is 0.264 e. The SMILES string of the molecule is CCCN1c2cc(C)c(/C=C3/SC(=Nc4ccc(OCC)cc4)NC3=O)cc2C(C)CC1(C)C. The molecule has 2 aliphatic heterocycles. The number of amides is 1. The van der Waals surface area contributed by atoms with Crippen molar-refractivity contribution in [2.75, 3.05) is 18.1 Å². The maximum absolute atomic E-state index is 12.7. The van der Waals surface area contributed by atoms with Crippen LogP contribution >= 0.6 is 11.8 Å². The number of anilines is 1. The second-order valence-electron chi connectivity index (χ2n) is 9.75. The molecule has 2 aromatic rings. The fraction of sp³-hybridized carbons (Fsp3) is 0.429. The standard InChI is InChI=1S/C28H35N3O2S/c1-7-13-31-24-14-18(3)20(15-23(24)19(4)17-28(31,5)6)16-25-26(32)30-27(34-25)29-21-9-11-22(12-10-21)33-8-2/h9-12,14-16,19H,7-8,13,17H2,1-6H3,(H,29,30,32)/b25-16+. The molecular weight excluding hydrogens is 442 g/mol. The molecule has 1 amide bonds. The van der Waals surface area contributed by atoms with E-state index in [0.717, 1.165) is 36.4 Å². The fourth-order valence-corrected chi connectivity index (χ4v) is 5.81. The van der Waals surface area contributed by atoms with E-state index in [1.165, 1.54) is 28.6 Å². The van der Waals surface area contributed by atoms with Gasteiger partial charge in [-0.3, -0.25) is 4.79 Å². The summed E-state index contributed by atoms with van der Waals surface area (Å²) in [7, 11) is 0. The summed E-state index contributed by atoms with van der Waals surface area (Å²) in [4.78, 5) is 20.5. The number of fused-ring (bicyclic) bond motifs is 1. The van der Waals surface area contributed by atoms with E-state index >= 15 is 0 Å². The van der Waals surface area contributed by atoms with Gasteiger partial charge in [-0.2, -0.15) is 0 Å². The van der Waals surface area contributed by atoms with Gasteiger partial charge < -0.3 is 15.0 Å². The molecule has 0 aromatic heterocycles. The summed E-state index contributed by atoms with van der Waals surface area (Å²) in [5, 5.41) is 3.50. The zero-order valence-electron chi connectivity index (χ0n) is 21.1. The molecule has 180 valence electrons. The van der Waals surface area contributed by atoms with Gasteiger partial charge in [-0.15, -0.1) is 0 Å². The Labute approximate surface area is 207 Å². The Morgan fingerprint density at radius 3 is 2.65 bits per heavy atom. The van der Waals surface area contributed by atoms with E-state index in [1.807, 2.05) is 37.3 Å². The minimum Gasteiger partial charge on any atom is -0.494 e. The number of ether oxygens (including phenoxy) is 1. The molecule has 0 aliphatic carbocycles. The van der Waals surface area contributed by atoms with Crippen molar-refractivity contribution in [2.24, 2.45) is 4.99 Å². The molecule has 1 fully saturated rings. The molecule has 0 spiro atoms. The van der Waals surface area contributed by atoms with Gasteiger partial charge in [0.25, 0.3) is 5.91 Å².